The summed E-state index contributed by atoms with van der Waals surface area (Å²) in [5, 5.41) is 6.14. The summed E-state index contributed by atoms with van der Waals surface area (Å²) in [6, 6.07) is 9.76. The predicted octanol–water partition coefficient (Wildman–Crippen LogP) is 4.74. The first-order valence-electron chi connectivity index (χ1n) is 6.95. The number of aryl methyl sites for hydroxylation is 1. The van der Waals surface area contributed by atoms with Crippen LogP contribution in [-0.2, 0) is 0 Å². The highest BCUT2D eigenvalue weighted by molar-refractivity contribution is 9.10. The molecule has 1 amide bonds. The van der Waals surface area contributed by atoms with Crippen molar-refractivity contribution in [2.45, 2.75) is 6.92 Å². The molecule has 0 aliphatic rings. The van der Waals surface area contributed by atoms with Crippen molar-refractivity contribution in [3.8, 4) is 0 Å². The van der Waals surface area contributed by atoms with Gasteiger partial charge in [0.05, 0.1) is 11.9 Å². The normalized spacial score (nSPS) is 10.5. The first kappa shape index (κ1) is 16.5. The lowest BCUT2D eigenvalue weighted by molar-refractivity contribution is 0.103. The molecule has 0 aliphatic carbocycles. The number of nitrogens with zero attached hydrogens (tertiary/aromatic N) is 2. The molecule has 8 heteroatoms. The topological polar surface area (TPSA) is 66.9 Å². The quantitative estimate of drug-likeness (QED) is 0.613. The minimum atomic E-state index is -0.484. The SMILES string of the molecule is Cc1ccc(Br)nc1Nc1ncc(C(=O)Nc2ccccc2F)s1. The lowest BCUT2D eigenvalue weighted by atomic mass is 10.3. The number of hydrogen-bond acceptors (Lipinski definition) is 5. The number of carbonyl (C=O) groups is 1. The summed E-state index contributed by atoms with van der Waals surface area (Å²) in [6.07, 6.45) is 1.44. The van der Waals surface area contributed by atoms with E-state index in [4.69, 9.17) is 0 Å². The Morgan fingerprint density at radius 1 is 1.25 bits per heavy atom. The number of hydrogen-bond donors (Lipinski definition) is 2. The van der Waals surface area contributed by atoms with Gasteiger partial charge in [-0.3, -0.25) is 4.79 Å². The zero-order chi connectivity index (χ0) is 17.1. The number of carbonyl (C=O) groups excluding carboxylic acids is 1. The third kappa shape index (κ3) is 3.77. The van der Waals surface area contributed by atoms with Crippen LogP contribution in [0, 0.1) is 12.7 Å². The van der Waals surface area contributed by atoms with Crippen LogP contribution in [-0.4, -0.2) is 15.9 Å². The maximum absolute atomic E-state index is 13.6. The van der Waals surface area contributed by atoms with Crippen molar-refractivity contribution >= 4 is 49.8 Å². The van der Waals surface area contributed by atoms with Crippen molar-refractivity contribution < 1.29 is 9.18 Å². The molecule has 5 nitrogen and oxygen atoms in total. The molecule has 0 unspecified atom stereocenters. The van der Waals surface area contributed by atoms with E-state index in [9.17, 15) is 9.18 Å². The van der Waals surface area contributed by atoms with Crippen molar-refractivity contribution in [3.05, 3.63) is 63.5 Å². The van der Waals surface area contributed by atoms with Crippen LogP contribution in [0.25, 0.3) is 0 Å². The Balaban J connectivity index is 1.74. The Morgan fingerprint density at radius 2 is 2.04 bits per heavy atom. The van der Waals surface area contributed by atoms with Gasteiger partial charge in [0.25, 0.3) is 5.91 Å². The molecule has 0 fully saturated rings. The lowest BCUT2D eigenvalue weighted by Gasteiger charge is -2.05. The van der Waals surface area contributed by atoms with Crippen molar-refractivity contribution in [2.75, 3.05) is 10.6 Å². The largest absolute Gasteiger partial charge is 0.319 e. The molecule has 0 atom stereocenters. The summed E-state index contributed by atoms with van der Waals surface area (Å²) in [5.74, 6) is -0.243. The van der Waals surface area contributed by atoms with Gasteiger partial charge in [-0.25, -0.2) is 14.4 Å². The number of rotatable bonds is 4. The highest BCUT2D eigenvalue weighted by Gasteiger charge is 2.13. The summed E-state index contributed by atoms with van der Waals surface area (Å²) in [4.78, 5) is 21.1. The van der Waals surface area contributed by atoms with E-state index >= 15 is 0 Å². The molecular weight excluding hydrogens is 395 g/mol. The van der Waals surface area contributed by atoms with E-state index in [0.29, 0.717) is 20.4 Å². The number of benzene rings is 1. The molecule has 0 bridgehead atoms. The Bertz CT molecular complexity index is 899. The zero-order valence-corrected chi connectivity index (χ0v) is 14.9. The maximum atomic E-state index is 13.6. The second kappa shape index (κ2) is 7.06. The van der Waals surface area contributed by atoms with Gasteiger partial charge in [0.15, 0.2) is 5.13 Å². The van der Waals surface area contributed by atoms with E-state index in [2.05, 4.69) is 36.5 Å². The summed E-state index contributed by atoms with van der Waals surface area (Å²) >= 11 is 4.48. The van der Waals surface area contributed by atoms with E-state index in [-0.39, 0.29) is 5.69 Å². The van der Waals surface area contributed by atoms with Crippen molar-refractivity contribution in [3.63, 3.8) is 0 Å². The molecule has 2 aromatic heterocycles. The molecule has 122 valence electrons. The van der Waals surface area contributed by atoms with Crippen LogP contribution in [0.3, 0.4) is 0 Å². The molecule has 0 spiro atoms. The second-order valence-electron chi connectivity index (χ2n) is 4.89. The fourth-order valence-corrected chi connectivity index (χ4v) is 2.94. The van der Waals surface area contributed by atoms with Gasteiger partial charge in [-0.1, -0.05) is 29.5 Å². The van der Waals surface area contributed by atoms with Crippen LogP contribution in [0.5, 0.6) is 0 Å². The molecule has 0 aliphatic heterocycles. The van der Waals surface area contributed by atoms with E-state index in [1.807, 2.05) is 19.1 Å². The zero-order valence-electron chi connectivity index (χ0n) is 12.5. The third-order valence-electron chi connectivity index (χ3n) is 3.14. The molecule has 24 heavy (non-hydrogen) atoms. The van der Waals surface area contributed by atoms with E-state index in [1.165, 1.54) is 18.3 Å². The number of para-hydroxylation sites is 1. The number of nitrogens with one attached hydrogen (secondary N) is 2. The molecule has 3 rings (SSSR count). The van der Waals surface area contributed by atoms with Gasteiger partial charge in [0.1, 0.15) is 21.1 Å². The van der Waals surface area contributed by atoms with E-state index in [1.54, 1.807) is 12.1 Å². The van der Waals surface area contributed by atoms with Gasteiger partial charge in [-0.05, 0) is 46.6 Å². The lowest BCUT2D eigenvalue weighted by Crippen LogP contribution is -2.11. The Morgan fingerprint density at radius 3 is 2.83 bits per heavy atom. The van der Waals surface area contributed by atoms with Crippen LogP contribution < -0.4 is 10.6 Å². The molecular formula is C16H12BrFN4OS. The predicted molar refractivity (Wildman–Crippen MR) is 96.4 cm³/mol. The monoisotopic (exact) mass is 406 g/mol. The van der Waals surface area contributed by atoms with Crippen molar-refractivity contribution in [2.24, 2.45) is 0 Å². The molecule has 0 saturated carbocycles. The molecule has 3 aromatic rings. The summed E-state index contributed by atoms with van der Waals surface area (Å²) < 4.78 is 14.3. The summed E-state index contributed by atoms with van der Waals surface area (Å²) in [6.45, 7) is 1.92. The molecule has 0 radical (unpaired) electrons. The van der Waals surface area contributed by atoms with Crippen molar-refractivity contribution in [1.82, 2.24) is 9.97 Å². The van der Waals surface area contributed by atoms with Crippen LogP contribution in [0.1, 0.15) is 15.2 Å². The van der Waals surface area contributed by atoms with Gasteiger partial charge >= 0.3 is 0 Å². The Kier molecular flexibility index (Phi) is 4.86. The molecule has 0 saturated heterocycles. The summed E-state index contributed by atoms with van der Waals surface area (Å²) in [7, 11) is 0. The number of amides is 1. The van der Waals surface area contributed by atoms with Gasteiger partial charge in [0, 0.05) is 0 Å². The van der Waals surface area contributed by atoms with Gasteiger partial charge in [-0.15, -0.1) is 0 Å². The number of halogens is 2. The first-order valence-corrected chi connectivity index (χ1v) is 8.56. The number of thiazole rings is 1. The Labute approximate surface area is 150 Å². The summed E-state index contributed by atoms with van der Waals surface area (Å²) in [5.41, 5.74) is 1.08. The van der Waals surface area contributed by atoms with E-state index in [0.717, 1.165) is 16.9 Å². The number of anilines is 3. The van der Waals surface area contributed by atoms with Crippen molar-refractivity contribution in [1.29, 1.82) is 0 Å². The second-order valence-corrected chi connectivity index (χ2v) is 6.73. The van der Waals surface area contributed by atoms with E-state index < -0.39 is 11.7 Å². The minimum absolute atomic E-state index is 0.134. The average molecular weight is 407 g/mol. The average Bonchev–Trinajstić information content (AvgIpc) is 3.02. The maximum Gasteiger partial charge on any atom is 0.267 e. The van der Waals surface area contributed by atoms with Gasteiger partial charge in [0.2, 0.25) is 0 Å². The minimum Gasteiger partial charge on any atom is -0.319 e. The third-order valence-corrected chi connectivity index (χ3v) is 4.49. The highest BCUT2D eigenvalue weighted by atomic mass is 79.9. The first-order chi connectivity index (χ1) is 11.5. The van der Waals surface area contributed by atoms with Crippen LogP contribution >= 0.6 is 27.3 Å². The smallest absolute Gasteiger partial charge is 0.267 e. The molecule has 2 heterocycles. The fourth-order valence-electron chi connectivity index (χ4n) is 1.92. The fraction of sp³-hybridized carbons (Fsp3) is 0.0625. The number of aromatic nitrogens is 2. The molecule has 1 aromatic carbocycles. The standard InChI is InChI=1S/C16H12BrFN4OS/c1-9-6-7-13(17)21-14(9)22-16-19-8-12(24-16)15(23)20-11-5-3-2-4-10(11)18/h2-8H,1H3,(H,20,23)(H,19,21,22). The molecule has 2 N–H and O–H groups in total. The van der Waals surface area contributed by atoms with Gasteiger partial charge < -0.3 is 10.6 Å². The van der Waals surface area contributed by atoms with Crippen LogP contribution in [0.2, 0.25) is 0 Å². The van der Waals surface area contributed by atoms with Crippen LogP contribution in [0.4, 0.5) is 21.0 Å². The number of pyridine rings is 1. The van der Waals surface area contributed by atoms with Gasteiger partial charge in [-0.2, -0.15) is 0 Å². The highest BCUT2D eigenvalue weighted by Crippen LogP contribution is 2.25. The van der Waals surface area contributed by atoms with Crippen LogP contribution in [0.15, 0.2) is 47.2 Å². The Hall–Kier alpha value is -2.32.